The zero-order valence-electron chi connectivity index (χ0n) is 50.0. The molecule has 4 aliphatic rings. The van der Waals surface area contributed by atoms with Gasteiger partial charge in [-0.15, -0.1) is 0 Å². The zero-order valence-corrected chi connectivity index (χ0v) is 53.1. The lowest BCUT2D eigenvalue weighted by Crippen LogP contribution is -2.49. The van der Waals surface area contributed by atoms with Crippen molar-refractivity contribution in [2.45, 2.75) is 124 Å². The topological polar surface area (TPSA) is 254 Å². The van der Waals surface area contributed by atoms with Crippen LogP contribution in [0.4, 0.5) is 41.4 Å². The summed E-state index contributed by atoms with van der Waals surface area (Å²) in [5.41, 5.74) is 4.95. The predicted molar refractivity (Wildman–Crippen MR) is 333 cm³/mol. The number of aromatic nitrogens is 8. The Kier molecular flexibility index (Phi) is 22.0. The number of piperidine rings is 1. The molecule has 7 aromatic rings. The summed E-state index contributed by atoms with van der Waals surface area (Å²) in [6.45, 7) is 18.2. The Morgan fingerprint density at radius 2 is 1.25 bits per heavy atom. The molecule has 0 radical (unpaired) electrons. The summed E-state index contributed by atoms with van der Waals surface area (Å²) in [6.07, 6.45) is 13.6. The Balaban J connectivity index is 0.000000165. The number of nitrogens with one attached hydrogen (secondary N) is 3. The maximum Gasteiger partial charge on any atom is 0.435 e. The van der Waals surface area contributed by atoms with Crippen LogP contribution in [0.25, 0.3) is 22.3 Å². The van der Waals surface area contributed by atoms with Crippen molar-refractivity contribution in [3.8, 4) is 22.3 Å². The van der Waals surface area contributed by atoms with Crippen LogP contribution in [0.3, 0.4) is 0 Å². The molecule has 25 heteroatoms. The van der Waals surface area contributed by atoms with Crippen LogP contribution in [0.1, 0.15) is 105 Å². The van der Waals surface area contributed by atoms with E-state index in [0.29, 0.717) is 16.9 Å². The molecule has 5 N–H and O–H groups in total. The second-order valence-electron chi connectivity index (χ2n) is 24.5. The summed E-state index contributed by atoms with van der Waals surface area (Å²) in [5.74, 6) is -1.54. The van der Waals surface area contributed by atoms with Crippen LogP contribution in [0, 0.1) is 22.6 Å². The molecule has 3 aromatic carbocycles. The number of hydrogen-bond donors (Lipinski definition) is 5. The van der Waals surface area contributed by atoms with Crippen molar-refractivity contribution < 1.29 is 47.6 Å². The van der Waals surface area contributed by atoms with Gasteiger partial charge in [0.2, 0.25) is 10.6 Å². The SMILES string of the molecule is CC(C)(C)OC(=O)n1cc(-c2ccc(Nc3ccnc(Cl)n3)cc2)cn1.CC(C)(C)OC(=O)n1cc(-c2ccc(Nc3nc(Cl)ncc3F)cc2)cn1.CC1(F)CC(C)(C(=O)O)C1.CN1CCc2ccc(Br)cc2C1.O=C(O)C1CC2(CCNCC2)C1. The zero-order chi connectivity index (χ0) is 63.5. The first-order valence-electron chi connectivity index (χ1n) is 28.1. The van der Waals surface area contributed by atoms with E-state index < -0.39 is 52.2 Å². The van der Waals surface area contributed by atoms with Gasteiger partial charge in [-0.1, -0.05) is 46.3 Å². The molecule has 0 atom stereocenters. The van der Waals surface area contributed by atoms with E-state index >= 15 is 0 Å². The van der Waals surface area contributed by atoms with Gasteiger partial charge in [0.25, 0.3) is 0 Å². The second-order valence-corrected chi connectivity index (χ2v) is 26.1. The Morgan fingerprint density at radius 3 is 1.74 bits per heavy atom. The molecule has 0 amide bonds. The summed E-state index contributed by atoms with van der Waals surface area (Å²) in [6, 6.07) is 23.0. The van der Waals surface area contributed by atoms with Crippen molar-refractivity contribution in [2.75, 3.05) is 37.3 Å². The van der Waals surface area contributed by atoms with Crippen molar-refractivity contribution in [3.63, 3.8) is 0 Å². The van der Waals surface area contributed by atoms with Crippen LogP contribution in [0.15, 0.2) is 114 Å². The molecule has 0 bridgehead atoms. The molecule has 87 heavy (non-hydrogen) atoms. The van der Waals surface area contributed by atoms with E-state index in [2.05, 4.69) is 92.2 Å². The molecule has 464 valence electrons. The van der Waals surface area contributed by atoms with E-state index in [4.69, 9.17) is 42.9 Å². The van der Waals surface area contributed by atoms with E-state index in [1.807, 2.05) is 45.0 Å². The third-order valence-corrected chi connectivity index (χ3v) is 15.3. The van der Waals surface area contributed by atoms with Crippen molar-refractivity contribution in [3.05, 3.63) is 142 Å². The fourth-order valence-electron chi connectivity index (χ4n) is 10.3. The highest BCUT2D eigenvalue weighted by Gasteiger charge is 2.54. The van der Waals surface area contributed by atoms with Gasteiger partial charge >= 0.3 is 24.1 Å². The van der Waals surface area contributed by atoms with Gasteiger partial charge in [0.15, 0.2) is 11.6 Å². The maximum absolute atomic E-state index is 13.7. The molecule has 3 fully saturated rings. The number of rotatable bonds is 8. The highest BCUT2D eigenvalue weighted by Crippen LogP contribution is 2.52. The molecule has 0 unspecified atom stereocenters. The molecule has 11 rings (SSSR count). The van der Waals surface area contributed by atoms with Gasteiger partial charge in [-0.3, -0.25) is 9.59 Å². The van der Waals surface area contributed by atoms with Gasteiger partial charge < -0.3 is 40.5 Å². The third kappa shape index (κ3) is 20.0. The van der Waals surface area contributed by atoms with Crippen LogP contribution in [-0.4, -0.2) is 122 Å². The number of anilines is 4. The number of aliphatic carboxylic acids is 2. The number of ether oxygens (including phenoxy) is 2. The Hall–Kier alpha value is -7.44. The van der Waals surface area contributed by atoms with Crippen LogP contribution in [0.5, 0.6) is 0 Å². The fourth-order valence-corrected chi connectivity index (χ4v) is 11.0. The van der Waals surface area contributed by atoms with Gasteiger partial charge in [-0.05, 0) is 214 Å². The molecular formula is C62H73BrCl2F2N12O8. The van der Waals surface area contributed by atoms with Crippen molar-refractivity contribution >= 4 is 86.3 Å². The van der Waals surface area contributed by atoms with E-state index in [1.54, 1.807) is 89.0 Å². The van der Waals surface area contributed by atoms with Gasteiger partial charge in [-0.2, -0.15) is 24.5 Å². The van der Waals surface area contributed by atoms with Gasteiger partial charge in [0.1, 0.15) is 22.7 Å². The number of halogens is 5. The van der Waals surface area contributed by atoms with Gasteiger partial charge in [0, 0.05) is 58.7 Å². The standard InChI is InChI=1S/C18H17ClFN5O2.C18H18ClN5O2.C10H12BrN.C9H15NO2.C7H11FO2/c1-18(2,3)27-17(26)25-10-12(8-22-25)11-4-6-13(7-5-11)23-15-14(20)9-21-16(19)24-15;1-18(2,3)26-17(25)24-11-13(10-21-24)12-4-6-14(7-5-12)22-15-8-9-20-16(19)23-15;1-12-5-4-8-2-3-10(11)6-9(8)7-12;11-8(12)7-5-9(6-7)1-3-10-4-2-9;1-6(5(9)10)3-7(2,8)4-6/h4-10H,1-3H3,(H,21,23,24);4-11H,1-3H3,(H,20,22,23);2-3,6H,4-5,7H2,1H3;7,10H,1-6H2,(H,11,12);3-4H2,1-2H3,(H,9,10). The lowest BCUT2D eigenvalue weighted by Gasteiger charge is -2.48. The maximum atomic E-state index is 13.7. The number of carboxylic acids is 2. The fraction of sp³-hybridized carbons (Fsp3) is 0.419. The molecule has 2 aliphatic heterocycles. The number of likely N-dealkylation sites (N-methyl/N-ethyl adjacent to an activating group) is 1. The Bertz CT molecular complexity index is 3500. The Morgan fingerprint density at radius 1 is 0.724 bits per heavy atom. The highest BCUT2D eigenvalue weighted by atomic mass is 79.9. The quantitative estimate of drug-likeness (QED) is 0.0887. The second kappa shape index (κ2) is 28.6. The van der Waals surface area contributed by atoms with Gasteiger partial charge in [-0.25, -0.2) is 33.3 Å². The normalized spacial score (nSPS) is 18.5. The van der Waals surface area contributed by atoms with Crippen LogP contribution in [-0.2, 0) is 32.0 Å². The summed E-state index contributed by atoms with van der Waals surface area (Å²) in [7, 11) is 2.17. The monoisotopic (exact) mass is 1300 g/mol. The average molecular weight is 1300 g/mol. The summed E-state index contributed by atoms with van der Waals surface area (Å²) < 4.78 is 40.6. The highest BCUT2D eigenvalue weighted by molar-refractivity contribution is 9.10. The summed E-state index contributed by atoms with van der Waals surface area (Å²) in [5, 5.41) is 34.8. The minimum atomic E-state index is -1.24. The minimum Gasteiger partial charge on any atom is -0.481 e. The average Bonchev–Trinajstić information content (AvgIpc) is 1.78. The van der Waals surface area contributed by atoms with Crippen LogP contribution >= 0.6 is 39.1 Å². The van der Waals surface area contributed by atoms with E-state index in [1.165, 1.54) is 53.0 Å². The minimum absolute atomic E-state index is 0.0134. The first-order valence-corrected chi connectivity index (χ1v) is 29.7. The summed E-state index contributed by atoms with van der Waals surface area (Å²) >= 11 is 14.9. The molecule has 1 saturated heterocycles. The summed E-state index contributed by atoms with van der Waals surface area (Å²) in [4.78, 5) is 62.7. The lowest BCUT2D eigenvalue weighted by atomic mass is 9.58. The van der Waals surface area contributed by atoms with Crippen molar-refractivity contribution in [1.29, 1.82) is 0 Å². The molecule has 2 aliphatic carbocycles. The lowest BCUT2D eigenvalue weighted by molar-refractivity contribution is -0.164. The van der Waals surface area contributed by atoms with Crippen LogP contribution < -0.4 is 16.0 Å². The Labute approximate surface area is 522 Å². The number of carboxylic acid groups (broad SMARTS) is 2. The molecule has 2 saturated carbocycles. The first-order chi connectivity index (χ1) is 40.8. The number of carbonyl (C=O) groups is 4. The number of carbonyl (C=O) groups excluding carboxylic acids is 2. The molecule has 4 aromatic heterocycles. The number of benzene rings is 3. The number of hydrogen-bond acceptors (Lipinski definition) is 16. The van der Waals surface area contributed by atoms with Crippen LogP contribution in [0.2, 0.25) is 10.6 Å². The molecule has 6 heterocycles. The van der Waals surface area contributed by atoms with E-state index in [-0.39, 0.29) is 35.1 Å². The largest absolute Gasteiger partial charge is 0.481 e. The number of nitrogens with zero attached hydrogens (tertiary/aromatic N) is 9. The molecule has 20 nitrogen and oxygen atoms in total. The van der Waals surface area contributed by atoms with Gasteiger partial charge in [0.05, 0.1) is 29.9 Å². The van der Waals surface area contributed by atoms with E-state index in [9.17, 15) is 28.0 Å². The number of fused-ring (bicyclic) bond motifs is 1. The number of alkyl halides is 1. The molecular weight excluding hydrogens is 1230 g/mol. The van der Waals surface area contributed by atoms with Crippen molar-refractivity contribution in [1.82, 2.24) is 49.7 Å². The third-order valence-electron chi connectivity index (χ3n) is 14.4. The predicted octanol–water partition coefficient (Wildman–Crippen LogP) is 14.1. The molecule has 1 spiro atoms. The van der Waals surface area contributed by atoms with Crippen molar-refractivity contribution in [2.24, 2.45) is 16.7 Å². The smallest absolute Gasteiger partial charge is 0.435 e. The first kappa shape index (κ1) is 67.1. The van der Waals surface area contributed by atoms with E-state index in [0.717, 1.165) is 71.3 Å².